The number of aryl methyl sites for hydroxylation is 1. The van der Waals surface area contributed by atoms with Gasteiger partial charge < -0.3 is 4.57 Å². The maximum atomic E-state index is 14.9. The normalized spacial score (nSPS) is 11.8. The molecule has 0 bridgehead atoms. The number of halogens is 2. The number of benzene rings is 4. The highest BCUT2D eigenvalue weighted by atomic mass is 35.5. The minimum atomic E-state index is -3.46. The molecule has 0 aliphatic heterocycles. The molecule has 4 rings (SSSR count). The molecule has 0 heterocycles. The Hall–Kier alpha value is -2.55. The van der Waals surface area contributed by atoms with E-state index in [-0.39, 0.29) is 9.93 Å². The monoisotopic (exact) mass is 521 g/mol. The Morgan fingerprint density at radius 1 is 0.706 bits per heavy atom. The first-order valence-corrected chi connectivity index (χ1v) is 13.9. The fraction of sp³-hybridized carbons (Fsp3) is 0.0357. The zero-order valence-electron chi connectivity index (χ0n) is 18.4. The van der Waals surface area contributed by atoms with Crippen molar-refractivity contribution in [2.45, 2.75) is 11.8 Å². The van der Waals surface area contributed by atoms with Gasteiger partial charge in [-0.05, 0) is 19.1 Å². The van der Waals surface area contributed by atoms with Gasteiger partial charge in [-0.15, -0.1) is 0 Å². The van der Waals surface area contributed by atoms with Crippen molar-refractivity contribution < 1.29 is 4.57 Å². The van der Waals surface area contributed by atoms with Gasteiger partial charge in [-0.1, -0.05) is 144 Å². The maximum Gasteiger partial charge on any atom is 0.190 e. The van der Waals surface area contributed by atoms with Gasteiger partial charge in [0.15, 0.2) is 7.14 Å². The molecule has 0 spiro atoms. The summed E-state index contributed by atoms with van der Waals surface area (Å²) < 4.78 is 14.8. The molecular formula is C28H22Cl2NOPS. The average Bonchev–Trinajstić information content (AvgIpc) is 2.88. The summed E-state index contributed by atoms with van der Waals surface area (Å²) in [6, 6.07) is 36.5. The van der Waals surface area contributed by atoms with Crippen molar-refractivity contribution in [2.24, 2.45) is 4.99 Å². The Morgan fingerprint density at radius 2 is 1.18 bits per heavy atom. The lowest BCUT2D eigenvalue weighted by atomic mass is 10.2. The van der Waals surface area contributed by atoms with E-state index >= 15 is 0 Å². The quantitative estimate of drug-likeness (QED) is 0.111. The van der Waals surface area contributed by atoms with Gasteiger partial charge in [-0.2, -0.15) is 0 Å². The second-order valence-electron chi connectivity index (χ2n) is 7.56. The van der Waals surface area contributed by atoms with Crippen LogP contribution in [0.15, 0.2) is 135 Å². The molecule has 0 unspecified atom stereocenters. The van der Waals surface area contributed by atoms with E-state index in [4.69, 9.17) is 28.2 Å². The van der Waals surface area contributed by atoms with Crippen molar-refractivity contribution in [2.75, 3.05) is 0 Å². The van der Waals surface area contributed by atoms with Gasteiger partial charge >= 0.3 is 0 Å². The molecule has 0 atom stereocenters. The second-order valence-corrected chi connectivity index (χ2v) is 12.2. The molecule has 34 heavy (non-hydrogen) atoms. The Bertz CT molecular complexity index is 1310. The summed E-state index contributed by atoms with van der Waals surface area (Å²) in [5.74, 6) is 0. The first-order valence-electron chi connectivity index (χ1n) is 10.6. The summed E-state index contributed by atoms with van der Waals surface area (Å²) in [5, 5.41) is 1.89. The molecule has 0 saturated carbocycles. The Kier molecular flexibility index (Phi) is 8.13. The van der Waals surface area contributed by atoms with E-state index in [0.717, 1.165) is 10.5 Å². The third-order valence-corrected chi connectivity index (χ3v) is 9.79. The summed E-state index contributed by atoms with van der Waals surface area (Å²) in [6.07, 6.45) is 0. The summed E-state index contributed by atoms with van der Waals surface area (Å²) in [6.45, 7) is 2.05. The molecule has 6 heteroatoms. The van der Waals surface area contributed by atoms with E-state index in [1.807, 2.05) is 110 Å². The molecule has 0 N–H and O–H groups in total. The van der Waals surface area contributed by atoms with E-state index in [2.05, 4.69) is 12.1 Å². The van der Waals surface area contributed by atoms with Gasteiger partial charge in [-0.3, -0.25) is 0 Å². The molecule has 170 valence electrons. The zero-order valence-corrected chi connectivity index (χ0v) is 21.7. The van der Waals surface area contributed by atoms with Crippen LogP contribution in [0, 0.1) is 6.92 Å². The molecule has 0 aromatic heterocycles. The lowest BCUT2D eigenvalue weighted by molar-refractivity contribution is 0.590. The van der Waals surface area contributed by atoms with Gasteiger partial charge in [0.25, 0.3) is 0 Å². The molecule has 4 aromatic carbocycles. The summed E-state index contributed by atoms with van der Waals surface area (Å²) >= 11 is 14.4. The molecule has 0 radical (unpaired) electrons. The van der Waals surface area contributed by atoms with Gasteiger partial charge in [-0.25, -0.2) is 4.99 Å². The van der Waals surface area contributed by atoms with Gasteiger partial charge in [0.2, 0.25) is 0 Å². The Labute approximate surface area is 214 Å². The van der Waals surface area contributed by atoms with Crippen LogP contribution in [0.4, 0.5) is 0 Å². The van der Waals surface area contributed by atoms with E-state index in [1.54, 1.807) is 0 Å². The molecule has 4 aromatic rings. The molecule has 0 aliphatic carbocycles. The van der Waals surface area contributed by atoms with Gasteiger partial charge in [0.1, 0.15) is 15.0 Å². The molecule has 0 amide bonds. The predicted molar refractivity (Wildman–Crippen MR) is 149 cm³/mol. The summed E-state index contributed by atoms with van der Waals surface area (Å²) in [5.41, 5.74) is 2.21. The number of nitrogens with zero attached hydrogens (tertiary/aromatic N) is 1. The highest BCUT2D eigenvalue weighted by Crippen LogP contribution is 2.55. The van der Waals surface area contributed by atoms with Crippen LogP contribution in [0.5, 0.6) is 0 Å². The van der Waals surface area contributed by atoms with Crippen LogP contribution in [0.2, 0.25) is 0 Å². The molecule has 0 saturated heterocycles. The van der Waals surface area contributed by atoms with Crippen molar-refractivity contribution in [3.05, 3.63) is 136 Å². The molecule has 0 fully saturated rings. The Balaban J connectivity index is 1.93. The van der Waals surface area contributed by atoms with Crippen molar-refractivity contribution in [1.29, 1.82) is 0 Å². The van der Waals surface area contributed by atoms with E-state index < -0.39 is 7.14 Å². The highest BCUT2D eigenvalue weighted by Gasteiger charge is 2.34. The van der Waals surface area contributed by atoms with E-state index in [9.17, 15) is 4.57 Å². The standard InChI is InChI=1S/C28H22Cl2NOPS/c1-21-17-19-25(20-18-21)34-28(22-11-5-2-6-12-22)31-27(26(29)30)33(32,23-13-7-3-8-14-23)24-15-9-4-10-16-24/h2-20H,1H3/b31-28-. The van der Waals surface area contributed by atoms with E-state index in [1.165, 1.54) is 17.3 Å². The highest BCUT2D eigenvalue weighted by molar-refractivity contribution is 8.14. The fourth-order valence-electron chi connectivity index (χ4n) is 3.44. The first kappa shape index (κ1) is 24.6. The fourth-order valence-corrected chi connectivity index (χ4v) is 7.65. The predicted octanol–water partition coefficient (Wildman–Crippen LogP) is 8.15. The van der Waals surface area contributed by atoms with E-state index in [0.29, 0.717) is 15.7 Å². The maximum absolute atomic E-state index is 14.9. The number of aliphatic imine (C=N–C) groups is 1. The topological polar surface area (TPSA) is 29.4 Å². The van der Waals surface area contributed by atoms with Crippen LogP contribution >= 0.6 is 42.1 Å². The third kappa shape index (κ3) is 5.56. The zero-order chi connectivity index (χ0) is 24.0. The van der Waals surface area contributed by atoms with Gasteiger partial charge in [0.05, 0.1) is 0 Å². The lowest BCUT2D eigenvalue weighted by Crippen LogP contribution is -2.17. The molecule has 0 aliphatic rings. The van der Waals surface area contributed by atoms with Crippen molar-refractivity contribution in [3.8, 4) is 0 Å². The van der Waals surface area contributed by atoms with Gasteiger partial charge in [0, 0.05) is 21.1 Å². The summed E-state index contributed by atoms with van der Waals surface area (Å²) in [7, 11) is -3.46. The average molecular weight is 522 g/mol. The van der Waals surface area contributed by atoms with Crippen molar-refractivity contribution in [1.82, 2.24) is 0 Å². The largest absolute Gasteiger partial charge is 0.307 e. The third-order valence-electron chi connectivity index (χ3n) is 5.17. The minimum absolute atomic E-state index is 0.117. The lowest BCUT2D eigenvalue weighted by Gasteiger charge is -2.21. The first-order chi connectivity index (χ1) is 16.5. The number of thioether (sulfide) groups is 1. The number of rotatable bonds is 6. The molecule has 2 nitrogen and oxygen atoms in total. The Morgan fingerprint density at radius 3 is 1.65 bits per heavy atom. The number of hydrogen-bond acceptors (Lipinski definition) is 3. The van der Waals surface area contributed by atoms with Crippen LogP contribution in [0.25, 0.3) is 0 Å². The van der Waals surface area contributed by atoms with Crippen LogP contribution in [0.1, 0.15) is 11.1 Å². The minimum Gasteiger partial charge on any atom is -0.307 e. The van der Waals surface area contributed by atoms with Crippen LogP contribution in [0.3, 0.4) is 0 Å². The van der Waals surface area contributed by atoms with Crippen molar-refractivity contribution in [3.63, 3.8) is 0 Å². The summed E-state index contributed by atoms with van der Waals surface area (Å²) in [4.78, 5) is 5.93. The van der Waals surface area contributed by atoms with Crippen LogP contribution in [-0.2, 0) is 4.57 Å². The smallest absolute Gasteiger partial charge is 0.190 e. The number of hydrogen-bond donors (Lipinski definition) is 0. The second kappa shape index (κ2) is 11.3. The SMILES string of the molecule is Cc1ccc(S/C(=N\C(=C(Cl)Cl)P(=O)(c2ccccc2)c2ccccc2)c2ccccc2)cc1. The van der Waals surface area contributed by atoms with Crippen LogP contribution < -0.4 is 10.6 Å². The van der Waals surface area contributed by atoms with Crippen molar-refractivity contribution >= 4 is 57.8 Å². The van der Waals surface area contributed by atoms with Crippen LogP contribution in [-0.4, -0.2) is 5.04 Å². The molecular weight excluding hydrogens is 500 g/mol.